The quantitative estimate of drug-likeness (QED) is 0.645. The Kier molecular flexibility index (Phi) is 6.42. The molecule has 0 unspecified atom stereocenters. The fourth-order valence-corrected chi connectivity index (χ4v) is 2.76. The summed E-state index contributed by atoms with van der Waals surface area (Å²) in [5.74, 6) is 0.243. The molecule has 7 nitrogen and oxygen atoms in total. The third-order valence-electron chi connectivity index (χ3n) is 4.24. The summed E-state index contributed by atoms with van der Waals surface area (Å²) in [5.41, 5.74) is 2.25. The van der Waals surface area contributed by atoms with Gasteiger partial charge in [-0.25, -0.2) is 0 Å². The number of hydrogen-bond acceptors (Lipinski definition) is 5. The molecule has 3 rings (SSSR count). The lowest BCUT2D eigenvalue weighted by Gasteiger charge is -2.13. The molecule has 2 amide bonds. The number of benzene rings is 2. The Labute approximate surface area is 168 Å². The second-order valence-electron chi connectivity index (χ2n) is 6.11. The van der Waals surface area contributed by atoms with E-state index >= 15 is 0 Å². The van der Waals surface area contributed by atoms with Gasteiger partial charge in [0.05, 0.1) is 14.2 Å². The molecule has 0 aliphatic rings. The van der Waals surface area contributed by atoms with Crippen LogP contribution in [0.2, 0.25) is 0 Å². The summed E-state index contributed by atoms with van der Waals surface area (Å²) >= 11 is 0. The maximum atomic E-state index is 12.7. The van der Waals surface area contributed by atoms with Crippen LogP contribution in [-0.4, -0.2) is 31.0 Å². The van der Waals surface area contributed by atoms with Crippen LogP contribution in [0.3, 0.4) is 0 Å². The fourth-order valence-electron chi connectivity index (χ4n) is 2.76. The van der Waals surface area contributed by atoms with Gasteiger partial charge in [-0.3, -0.25) is 14.6 Å². The van der Waals surface area contributed by atoms with Crippen molar-refractivity contribution >= 4 is 17.5 Å². The van der Waals surface area contributed by atoms with E-state index in [0.29, 0.717) is 34.9 Å². The number of carbonyl (C=O) groups is 2. The number of nitrogens with one attached hydrogen (secondary N) is 2. The van der Waals surface area contributed by atoms with Crippen LogP contribution in [0.15, 0.2) is 67.0 Å². The van der Waals surface area contributed by atoms with Crippen molar-refractivity contribution in [3.05, 3.63) is 83.7 Å². The average Bonchev–Trinajstić information content (AvgIpc) is 2.77. The Bertz CT molecular complexity index is 966. The summed E-state index contributed by atoms with van der Waals surface area (Å²) in [5, 5.41) is 5.62. The van der Waals surface area contributed by atoms with Crippen LogP contribution in [0.5, 0.6) is 11.5 Å². The molecule has 0 bridgehead atoms. The summed E-state index contributed by atoms with van der Waals surface area (Å²) in [7, 11) is 2.98. The lowest BCUT2D eigenvalue weighted by Crippen LogP contribution is -2.22. The van der Waals surface area contributed by atoms with Crippen molar-refractivity contribution in [1.29, 1.82) is 0 Å². The minimum atomic E-state index is -0.368. The van der Waals surface area contributed by atoms with E-state index < -0.39 is 0 Å². The number of nitrogens with zero attached hydrogens (tertiary/aromatic N) is 1. The third kappa shape index (κ3) is 4.90. The van der Waals surface area contributed by atoms with Crippen LogP contribution in [0.4, 0.5) is 5.69 Å². The van der Waals surface area contributed by atoms with E-state index in [9.17, 15) is 9.59 Å². The van der Waals surface area contributed by atoms with Gasteiger partial charge in [0.25, 0.3) is 11.8 Å². The van der Waals surface area contributed by atoms with Gasteiger partial charge in [-0.2, -0.15) is 0 Å². The Morgan fingerprint density at radius 3 is 2.17 bits per heavy atom. The van der Waals surface area contributed by atoms with Crippen molar-refractivity contribution < 1.29 is 19.1 Å². The third-order valence-corrected chi connectivity index (χ3v) is 4.24. The van der Waals surface area contributed by atoms with Gasteiger partial charge in [0.15, 0.2) is 0 Å². The van der Waals surface area contributed by atoms with E-state index in [1.165, 1.54) is 14.2 Å². The Balaban J connectivity index is 1.66. The second-order valence-corrected chi connectivity index (χ2v) is 6.11. The summed E-state index contributed by atoms with van der Waals surface area (Å²) in [4.78, 5) is 29.0. The summed E-state index contributed by atoms with van der Waals surface area (Å²) < 4.78 is 10.5. The normalized spacial score (nSPS) is 10.1. The molecular formula is C22H21N3O4. The number of anilines is 1. The molecule has 148 valence electrons. The molecule has 0 spiro atoms. The molecule has 0 atom stereocenters. The Morgan fingerprint density at radius 1 is 0.897 bits per heavy atom. The highest BCUT2D eigenvalue weighted by molar-refractivity contribution is 6.08. The number of amides is 2. The van der Waals surface area contributed by atoms with Crippen LogP contribution < -0.4 is 20.1 Å². The number of rotatable bonds is 7. The van der Waals surface area contributed by atoms with E-state index in [1.54, 1.807) is 54.9 Å². The number of methoxy groups -OCH3 is 2. The van der Waals surface area contributed by atoms with Gasteiger partial charge >= 0.3 is 0 Å². The predicted octanol–water partition coefficient (Wildman–Crippen LogP) is 3.28. The van der Waals surface area contributed by atoms with Gasteiger partial charge in [-0.1, -0.05) is 12.1 Å². The van der Waals surface area contributed by atoms with Crippen LogP contribution in [0.25, 0.3) is 0 Å². The predicted molar refractivity (Wildman–Crippen MR) is 109 cm³/mol. The highest BCUT2D eigenvalue weighted by Crippen LogP contribution is 2.29. The maximum Gasteiger partial charge on any atom is 0.263 e. The topological polar surface area (TPSA) is 89.5 Å². The first kappa shape index (κ1) is 19.9. The number of pyridine rings is 1. The molecule has 2 aromatic carbocycles. The highest BCUT2D eigenvalue weighted by Gasteiger charge is 2.18. The van der Waals surface area contributed by atoms with E-state index in [-0.39, 0.29) is 11.8 Å². The lowest BCUT2D eigenvalue weighted by molar-refractivity contribution is 0.0950. The van der Waals surface area contributed by atoms with Gasteiger partial charge in [0.1, 0.15) is 17.1 Å². The summed E-state index contributed by atoms with van der Waals surface area (Å²) in [6, 6.07) is 15.4. The molecule has 3 aromatic rings. The maximum absolute atomic E-state index is 12.7. The molecule has 29 heavy (non-hydrogen) atoms. The fraction of sp³-hybridized carbons (Fsp3) is 0.136. The van der Waals surface area contributed by atoms with E-state index in [4.69, 9.17) is 9.47 Å². The monoisotopic (exact) mass is 391 g/mol. The Hall–Kier alpha value is -3.87. The van der Waals surface area contributed by atoms with Crippen molar-refractivity contribution in [3.63, 3.8) is 0 Å². The van der Waals surface area contributed by atoms with Crippen molar-refractivity contribution in [3.8, 4) is 11.5 Å². The van der Waals surface area contributed by atoms with Crippen LogP contribution >= 0.6 is 0 Å². The van der Waals surface area contributed by atoms with Crippen molar-refractivity contribution in [2.45, 2.75) is 6.54 Å². The number of ether oxygens (including phenoxy) is 2. The summed E-state index contributed by atoms with van der Waals surface area (Å²) in [6.07, 6.45) is 3.38. The second kappa shape index (κ2) is 9.36. The zero-order chi connectivity index (χ0) is 20.6. The van der Waals surface area contributed by atoms with Crippen LogP contribution in [-0.2, 0) is 6.54 Å². The van der Waals surface area contributed by atoms with Gasteiger partial charge in [0, 0.05) is 30.2 Å². The molecule has 0 radical (unpaired) electrons. The first-order valence-electron chi connectivity index (χ1n) is 8.92. The van der Waals surface area contributed by atoms with E-state index in [0.717, 1.165) is 5.56 Å². The highest BCUT2D eigenvalue weighted by atomic mass is 16.5. The minimum absolute atomic E-state index is 0.210. The molecular weight excluding hydrogens is 370 g/mol. The molecule has 0 saturated carbocycles. The molecule has 1 aromatic heterocycles. The standard InChI is InChI=1S/C22H21N3O4/c1-28-18-6-3-7-19(29-2)20(18)22(27)25-17-10-8-16(9-11-17)21(26)24-14-15-5-4-12-23-13-15/h3-13H,14H2,1-2H3,(H,24,26)(H,25,27). The smallest absolute Gasteiger partial charge is 0.263 e. The zero-order valence-corrected chi connectivity index (χ0v) is 16.1. The first-order valence-corrected chi connectivity index (χ1v) is 8.92. The average molecular weight is 391 g/mol. The SMILES string of the molecule is COc1cccc(OC)c1C(=O)Nc1ccc(C(=O)NCc2cccnc2)cc1. The van der Waals surface area contributed by atoms with E-state index in [2.05, 4.69) is 15.6 Å². The summed E-state index contributed by atoms with van der Waals surface area (Å²) in [6.45, 7) is 0.388. The van der Waals surface area contributed by atoms with Crippen molar-refractivity contribution in [2.75, 3.05) is 19.5 Å². The van der Waals surface area contributed by atoms with Crippen LogP contribution in [0.1, 0.15) is 26.3 Å². The number of carbonyl (C=O) groups excluding carboxylic acids is 2. The van der Waals surface area contributed by atoms with E-state index in [1.807, 2.05) is 12.1 Å². The number of aromatic nitrogens is 1. The zero-order valence-electron chi connectivity index (χ0n) is 16.1. The Morgan fingerprint density at radius 2 is 1.59 bits per heavy atom. The van der Waals surface area contributed by atoms with Gasteiger partial charge in [0.2, 0.25) is 0 Å². The minimum Gasteiger partial charge on any atom is -0.496 e. The van der Waals surface area contributed by atoms with Crippen molar-refractivity contribution in [1.82, 2.24) is 10.3 Å². The lowest BCUT2D eigenvalue weighted by atomic mass is 10.1. The molecule has 0 aliphatic heterocycles. The van der Waals surface area contributed by atoms with Gasteiger partial charge in [-0.05, 0) is 48.0 Å². The molecule has 2 N–H and O–H groups in total. The van der Waals surface area contributed by atoms with Gasteiger partial charge < -0.3 is 20.1 Å². The largest absolute Gasteiger partial charge is 0.496 e. The molecule has 7 heteroatoms. The molecule has 1 heterocycles. The van der Waals surface area contributed by atoms with Crippen LogP contribution in [0, 0.1) is 0 Å². The number of hydrogen-bond donors (Lipinski definition) is 2. The molecule has 0 saturated heterocycles. The molecule has 0 aliphatic carbocycles. The molecule has 0 fully saturated rings. The first-order chi connectivity index (χ1) is 14.1. The van der Waals surface area contributed by atoms with Crippen molar-refractivity contribution in [2.24, 2.45) is 0 Å². The van der Waals surface area contributed by atoms with Gasteiger partial charge in [-0.15, -0.1) is 0 Å².